The number of halogens is 3. The Hall–Kier alpha value is -3.12. The van der Waals surface area contributed by atoms with Gasteiger partial charge in [0.2, 0.25) is 0 Å². The van der Waals surface area contributed by atoms with Gasteiger partial charge >= 0.3 is 12.2 Å². The third-order valence-electron chi connectivity index (χ3n) is 4.76. The minimum absolute atomic E-state index is 0.0979. The van der Waals surface area contributed by atoms with E-state index in [1.807, 2.05) is 32.2 Å². The molecule has 1 aromatic carbocycles. The largest absolute Gasteiger partial charge is 0.482 e. The van der Waals surface area contributed by atoms with Gasteiger partial charge in [-0.25, -0.2) is 0 Å². The van der Waals surface area contributed by atoms with Gasteiger partial charge in [-0.2, -0.15) is 18.3 Å². The number of alkyl halides is 3. The normalized spacial score (nSPS) is 13.5. The zero-order valence-electron chi connectivity index (χ0n) is 17.7. The third kappa shape index (κ3) is 5.52. The van der Waals surface area contributed by atoms with Gasteiger partial charge in [0.15, 0.2) is 6.61 Å². The number of nitrogens with zero attached hydrogens (tertiary/aromatic N) is 4. The highest BCUT2D eigenvalue weighted by atomic mass is 19.4. The standard InChI is InChI=1S/C22H24F3N4O2/c1-13-5-6-19-18(17(13)9-26-8-15(3)30)11-29(28-19)16(4)20-7-14(2)21(10-27-20)31-12-22(23,24)25/h5-7,10-11,15-16,30H,8,12H2,1-4H3/q+1. The fourth-order valence-electron chi connectivity index (χ4n) is 3.06. The minimum Gasteiger partial charge on any atom is -0.482 e. The van der Waals surface area contributed by atoms with Crippen molar-refractivity contribution in [2.24, 2.45) is 0 Å². The van der Waals surface area contributed by atoms with Crippen LogP contribution >= 0.6 is 0 Å². The topological polar surface area (TPSA) is 64.5 Å². The van der Waals surface area contributed by atoms with Crippen molar-refractivity contribution < 1.29 is 23.0 Å². The Bertz CT molecular complexity index is 1140. The van der Waals surface area contributed by atoms with Crippen LogP contribution in [0.3, 0.4) is 0 Å². The zero-order chi connectivity index (χ0) is 22.8. The predicted molar refractivity (Wildman–Crippen MR) is 112 cm³/mol. The quantitative estimate of drug-likeness (QED) is 0.636. The molecule has 3 aromatic rings. The molecule has 0 bridgehead atoms. The highest BCUT2D eigenvalue weighted by Crippen LogP contribution is 2.27. The summed E-state index contributed by atoms with van der Waals surface area (Å²) in [7, 11) is 0. The summed E-state index contributed by atoms with van der Waals surface area (Å²) in [5.74, 6) is 0.0979. The van der Waals surface area contributed by atoms with Gasteiger partial charge < -0.3 is 9.84 Å². The SMILES string of the molecule is Cc1cc(C(C)n2cc3c(C#[N+]CC(C)O)c(C)ccc3n2)ncc1OCC(F)(F)F. The van der Waals surface area contributed by atoms with Gasteiger partial charge in [-0.15, -0.1) is 0 Å². The molecule has 0 saturated heterocycles. The second-order valence-electron chi connectivity index (χ2n) is 7.56. The molecule has 0 spiro atoms. The van der Waals surface area contributed by atoms with Crippen LogP contribution < -0.4 is 4.74 Å². The minimum atomic E-state index is -4.40. The molecule has 31 heavy (non-hydrogen) atoms. The van der Waals surface area contributed by atoms with Crippen LogP contribution in [0.25, 0.3) is 15.7 Å². The van der Waals surface area contributed by atoms with Gasteiger partial charge in [-0.3, -0.25) is 9.67 Å². The fraction of sp³-hybridized carbons (Fsp3) is 0.409. The van der Waals surface area contributed by atoms with Crippen molar-refractivity contribution >= 4 is 10.9 Å². The Balaban J connectivity index is 1.89. The molecule has 0 aliphatic heterocycles. The van der Waals surface area contributed by atoms with Gasteiger partial charge in [0.05, 0.1) is 23.4 Å². The number of aliphatic hydroxyl groups excluding tert-OH is 1. The number of aliphatic hydroxyl groups is 1. The molecule has 2 unspecified atom stereocenters. The van der Waals surface area contributed by atoms with Gasteiger partial charge in [-0.1, -0.05) is 10.9 Å². The van der Waals surface area contributed by atoms with Crippen LogP contribution in [-0.2, 0) is 0 Å². The summed E-state index contributed by atoms with van der Waals surface area (Å²) >= 11 is 0. The first-order chi connectivity index (χ1) is 14.5. The predicted octanol–water partition coefficient (Wildman–Crippen LogP) is 4.66. The Morgan fingerprint density at radius 2 is 1.97 bits per heavy atom. The highest BCUT2D eigenvalue weighted by molar-refractivity contribution is 5.86. The van der Waals surface area contributed by atoms with E-state index in [9.17, 15) is 18.3 Å². The summed E-state index contributed by atoms with van der Waals surface area (Å²) in [6.07, 6.45) is -1.77. The molecule has 2 heterocycles. The van der Waals surface area contributed by atoms with Gasteiger partial charge in [-0.05, 0) is 51.0 Å². The summed E-state index contributed by atoms with van der Waals surface area (Å²) in [5, 5.41) is 14.9. The lowest BCUT2D eigenvalue weighted by Crippen LogP contribution is -2.19. The van der Waals surface area contributed by atoms with Gasteiger partial charge in [0.25, 0.3) is 6.54 Å². The maximum absolute atomic E-state index is 12.4. The highest BCUT2D eigenvalue weighted by Gasteiger charge is 2.29. The second-order valence-corrected chi connectivity index (χ2v) is 7.56. The Kier molecular flexibility index (Phi) is 6.51. The summed E-state index contributed by atoms with van der Waals surface area (Å²) in [6.45, 7) is 6.09. The Morgan fingerprint density at radius 1 is 1.23 bits per heavy atom. The number of aromatic nitrogens is 3. The molecule has 0 saturated carbocycles. The van der Waals surface area contributed by atoms with E-state index in [0.717, 1.165) is 22.0 Å². The molecule has 1 N–H and O–H groups in total. The van der Waals surface area contributed by atoms with Crippen LogP contribution in [-0.4, -0.2) is 45.3 Å². The average Bonchev–Trinajstić information content (AvgIpc) is 3.11. The van der Waals surface area contributed by atoms with E-state index in [1.165, 1.54) is 6.20 Å². The van der Waals surface area contributed by atoms with E-state index in [2.05, 4.69) is 21.0 Å². The number of pyridine rings is 1. The van der Waals surface area contributed by atoms with E-state index in [0.29, 0.717) is 11.3 Å². The zero-order valence-corrected chi connectivity index (χ0v) is 17.7. The van der Waals surface area contributed by atoms with E-state index >= 15 is 0 Å². The van der Waals surface area contributed by atoms with Crippen LogP contribution in [0, 0.1) is 19.9 Å². The number of benzene rings is 1. The molecule has 6 nitrogen and oxygen atoms in total. The second kappa shape index (κ2) is 8.94. The molecular formula is C22H24F3N4O2+. The smallest absolute Gasteiger partial charge is 0.422 e. The molecule has 3 rings (SSSR count). The lowest BCUT2D eigenvalue weighted by Gasteiger charge is -2.15. The number of hydrogen-bond donors (Lipinski definition) is 1. The van der Waals surface area contributed by atoms with Crippen LogP contribution in [0.5, 0.6) is 5.75 Å². The lowest BCUT2D eigenvalue weighted by molar-refractivity contribution is -0.153. The van der Waals surface area contributed by atoms with Gasteiger partial charge in [0, 0.05) is 11.6 Å². The number of hydrogen-bond acceptors (Lipinski definition) is 4. The molecule has 0 fully saturated rings. The molecule has 0 aliphatic carbocycles. The number of rotatable bonds is 5. The summed E-state index contributed by atoms with van der Waals surface area (Å²) in [6, 6.07) is 8.28. The third-order valence-corrected chi connectivity index (χ3v) is 4.76. The molecule has 2 atom stereocenters. The van der Waals surface area contributed by atoms with Crippen molar-refractivity contribution in [3.8, 4) is 11.8 Å². The summed E-state index contributed by atoms with van der Waals surface area (Å²) in [4.78, 5) is 8.46. The molecule has 0 aliphatic rings. The Labute approximate surface area is 178 Å². The first-order valence-electron chi connectivity index (χ1n) is 9.80. The number of aryl methyl sites for hydroxylation is 2. The monoisotopic (exact) mass is 433 g/mol. The molecule has 9 heteroatoms. The molecule has 0 radical (unpaired) electrons. The molecule has 0 amide bonds. The summed E-state index contributed by atoms with van der Waals surface area (Å²) < 4.78 is 43.8. The Morgan fingerprint density at radius 3 is 2.61 bits per heavy atom. The van der Waals surface area contributed by atoms with Crippen molar-refractivity contribution in [3.63, 3.8) is 0 Å². The van der Waals surface area contributed by atoms with Gasteiger partial charge in [0.1, 0.15) is 17.4 Å². The summed E-state index contributed by atoms with van der Waals surface area (Å²) in [5.41, 5.74) is 3.75. The first-order valence-corrected chi connectivity index (χ1v) is 9.80. The van der Waals surface area contributed by atoms with Crippen molar-refractivity contribution in [3.05, 3.63) is 57.8 Å². The van der Waals surface area contributed by atoms with Crippen LogP contribution in [0.4, 0.5) is 13.2 Å². The molecular weight excluding hydrogens is 409 g/mol. The average molecular weight is 433 g/mol. The van der Waals surface area contributed by atoms with E-state index < -0.39 is 18.9 Å². The van der Waals surface area contributed by atoms with E-state index in [-0.39, 0.29) is 18.3 Å². The lowest BCUT2D eigenvalue weighted by atomic mass is 10.1. The van der Waals surface area contributed by atoms with Crippen molar-refractivity contribution in [1.29, 1.82) is 0 Å². The van der Waals surface area contributed by atoms with E-state index in [4.69, 9.17) is 4.74 Å². The number of ether oxygens (including phenoxy) is 1. The van der Waals surface area contributed by atoms with E-state index in [1.54, 1.807) is 24.6 Å². The maximum atomic E-state index is 12.4. The number of fused-ring (bicyclic) bond motifs is 1. The van der Waals surface area contributed by atoms with Crippen molar-refractivity contribution in [2.45, 2.75) is 46.0 Å². The first kappa shape index (κ1) is 22.6. The molecule has 164 valence electrons. The van der Waals surface area contributed by atoms with Crippen LogP contribution in [0.15, 0.2) is 30.6 Å². The van der Waals surface area contributed by atoms with Crippen molar-refractivity contribution in [1.82, 2.24) is 14.8 Å². The fourth-order valence-corrected chi connectivity index (χ4v) is 3.06. The van der Waals surface area contributed by atoms with Crippen LogP contribution in [0.2, 0.25) is 0 Å². The maximum Gasteiger partial charge on any atom is 0.422 e. The molecule has 2 aromatic heterocycles. The van der Waals surface area contributed by atoms with Crippen LogP contribution in [0.1, 0.15) is 42.3 Å². The van der Waals surface area contributed by atoms with Crippen molar-refractivity contribution in [2.75, 3.05) is 13.2 Å².